The van der Waals surface area contributed by atoms with Crippen molar-refractivity contribution < 1.29 is 0 Å². The third-order valence-electron chi connectivity index (χ3n) is 3.90. The molecule has 5 nitrogen and oxygen atoms in total. The minimum absolute atomic E-state index is 0.345. The molecule has 1 aromatic heterocycles. The van der Waals surface area contributed by atoms with Gasteiger partial charge in [-0.15, -0.1) is 0 Å². The fraction of sp³-hybridized carbons (Fsp3) is 0.714. The van der Waals surface area contributed by atoms with E-state index in [2.05, 4.69) is 41.1 Å². The first-order valence-electron chi connectivity index (χ1n) is 7.23. The molecule has 0 aromatic carbocycles. The zero-order valence-electron chi connectivity index (χ0n) is 12.2. The number of hydrogen-bond acceptors (Lipinski definition) is 5. The number of nitrogens with one attached hydrogen (secondary N) is 1. The molecule has 0 aliphatic carbocycles. The fourth-order valence-electron chi connectivity index (χ4n) is 2.85. The van der Waals surface area contributed by atoms with E-state index >= 15 is 0 Å². The summed E-state index contributed by atoms with van der Waals surface area (Å²) in [5.74, 6) is 7.73. The second-order valence-corrected chi connectivity index (χ2v) is 5.65. The molecule has 0 amide bonds. The normalized spacial score (nSPS) is 20.5. The maximum Gasteiger partial charge on any atom is 0.148 e. The molecular weight excluding hydrogens is 238 g/mol. The lowest BCUT2D eigenvalue weighted by Gasteiger charge is -2.31. The zero-order valence-corrected chi connectivity index (χ0v) is 12.2. The van der Waals surface area contributed by atoms with Crippen molar-refractivity contribution in [3.63, 3.8) is 0 Å². The Balaban J connectivity index is 2.42. The van der Waals surface area contributed by atoms with Crippen molar-refractivity contribution in [1.82, 2.24) is 9.97 Å². The summed E-state index contributed by atoms with van der Waals surface area (Å²) in [7, 11) is 0. The highest BCUT2D eigenvalue weighted by molar-refractivity contribution is 5.60. The van der Waals surface area contributed by atoms with Gasteiger partial charge in [-0.2, -0.15) is 0 Å². The molecule has 5 heteroatoms. The Morgan fingerprint density at radius 3 is 2.79 bits per heavy atom. The Bertz CT molecular complexity index is 418. The van der Waals surface area contributed by atoms with Crippen LogP contribution in [0.1, 0.15) is 57.9 Å². The highest BCUT2D eigenvalue weighted by Gasteiger charge is 2.24. The van der Waals surface area contributed by atoms with Crippen LogP contribution in [-0.2, 0) is 0 Å². The standard InChI is InChI=1S/C14H25N5/c1-10(2)12-13(18-15)16-9-17-14(12)19-8-6-4-5-7-11(19)3/h9-11H,4-8,15H2,1-3H3,(H,16,17,18). The summed E-state index contributed by atoms with van der Waals surface area (Å²) in [6, 6.07) is 0.528. The summed E-state index contributed by atoms with van der Waals surface area (Å²) in [5.41, 5.74) is 3.83. The lowest BCUT2D eigenvalue weighted by Crippen LogP contribution is -2.34. The van der Waals surface area contributed by atoms with E-state index in [0.717, 1.165) is 23.7 Å². The summed E-state index contributed by atoms with van der Waals surface area (Å²) in [6.45, 7) is 7.67. The second kappa shape index (κ2) is 6.19. The van der Waals surface area contributed by atoms with Gasteiger partial charge < -0.3 is 10.3 Å². The van der Waals surface area contributed by atoms with Gasteiger partial charge >= 0.3 is 0 Å². The van der Waals surface area contributed by atoms with Crippen LogP contribution in [0.25, 0.3) is 0 Å². The van der Waals surface area contributed by atoms with Crippen molar-refractivity contribution in [2.45, 2.75) is 58.4 Å². The first kappa shape index (κ1) is 14.1. The Hall–Kier alpha value is -1.36. The van der Waals surface area contributed by atoms with Crippen molar-refractivity contribution in [1.29, 1.82) is 0 Å². The highest BCUT2D eigenvalue weighted by Crippen LogP contribution is 2.33. The van der Waals surface area contributed by atoms with Crippen LogP contribution in [0.15, 0.2) is 6.33 Å². The van der Waals surface area contributed by atoms with Crippen LogP contribution >= 0.6 is 0 Å². The molecule has 0 bridgehead atoms. The number of nitrogen functional groups attached to an aromatic ring is 1. The SMILES string of the molecule is CC(C)c1c(NN)ncnc1N1CCCCCC1C. The topological polar surface area (TPSA) is 67.1 Å². The predicted molar refractivity (Wildman–Crippen MR) is 79.2 cm³/mol. The Kier molecular flexibility index (Phi) is 4.58. The number of rotatable bonds is 3. The second-order valence-electron chi connectivity index (χ2n) is 5.65. The lowest BCUT2D eigenvalue weighted by atomic mass is 10.0. The number of nitrogens with two attached hydrogens (primary N) is 1. The molecule has 1 fully saturated rings. The Morgan fingerprint density at radius 2 is 2.11 bits per heavy atom. The van der Waals surface area contributed by atoms with Gasteiger partial charge in [-0.3, -0.25) is 0 Å². The third kappa shape index (κ3) is 2.97. The van der Waals surface area contributed by atoms with Crippen LogP contribution in [0.4, 0.5) is 11.6 Å². The molecule has 1 aliphatic rings. The van der Waals surface area contributed by atoms with Crippen molar-refractivity contribution in [2.75, 3.05) is 16.9 Å². The molecule has 0 saturated carbocycles. The predicted octanol–water partition coefficient (Wildman–Crippen LogP) is 2.65. The molecule has 1 aromatic rings. The largest absolute Gasteiger partial charge is 0.354 e. The van der Waals surface area contributed by atoms with E-state index in [-0.39, 0.29) is 0 Å². The average Bonchev–Trinajstić information content (AvgIpc) is 2.62. The minimum Gasteiger partial charge on any atom is -0.354 e. The van der Waals surface area contributed by atoms with Crippen LogP contribution in [0, 0.1) is 0 Å². The number of aromatic nitrogens is 2. The molecule has 0 radical (unpaired) electrons. The van der Waals surface area contributed by atoms with E-state index in [1.165, 1.54) is 25.7 Å². The first-order valence-corrected chi connectivity index (χ1v) is 7.23. The van der Waals surface area contributed by atoms with E-state index in [9.17, 15) is 0 Å². The van der Waals surface area contributed by atoms with E-state index in [4.69, 9.17) is 5.84 Å². The number of nitrogens with zero attached hydrogens (tertiary/aromatic N) is 3. The highest BCUT2D eigenvalue weighted by atomic mass is 15.3. The van der Waals surface area contributed by atoms with Crippen LogP contribution in [0.3, 0.4) is 0 Å². The van der Waals surface area contributed by atoms with Crippen LogP contribution in [0.2, 0.25) is 0 Å². The van der Waals surface area contributed by atoms with Gasteiger partial charge in [-0.25, -0.2) is 15.8 Å². The van der Waals surface area contributed by atoms with Crippen molar-refractivity contribution >= 4 is 11.6 Å². The van der Waals surface area contributed by atoms with Crippen LogP contribution < -0.4 is 16.2 Å². The molecule has 1 atom stereocenters. The summed E-state index contributed by atoms with van der Waals surface area (Å²) in [4.78, 5) is 11.2. The van der Waals surface area contributed by atoms with E-state index in [0.29, 0.717) is 12.0 Å². The van der Waals surface area contributed by atoms with Crippen molar-refractivity contribution in [3.8, 4) is 0 Å². The maximum absolute atomic E-state index is 5.59. The minimum atomic E-state index is 0.345. The monoisotopic (exact) mass is 263 g/mol. The van der Waals surface area contributed by atoms with Gasteiger partial charge in [-0.1, -0.05) is 26.7 Å². The quantitative estimate of drug-likeness (QED) is 0.648. The van der Waals surface area contributed by atoms with Gasteiger partial charge in [0.15, 0.2) is 0 Å². The number of anilines is 2. The van der Waals surface area contributed by atoms with Crippen LogP contribution in [0.5, 0.6) is 0 Å². The molecule has 19 heavy (non-hydrogen) atoms. The molecule has 2 heterocycles. The van der Waals surface area contributed by atoms with Gasteiger partial charge in [0.05, 0.1) is 0 Å². The van der Waals surface area contributed by atoms with E-state index < -0.39 is 0 Å². The first-order chi connectivity index (χ1) is 9.15. The van der Waals surface area contributed by atoms with E-state index in [1.54, 1.807) is 6.33 Å². The molecule has 1 saturated heterocycles. The third-order valence-corrected chi connectivity index (χ3v) is 3.90. The van der Waals surface area contributed by atoms with Gasteiger partial charge in [0.25, 0.3) is 0 Å². The van der Waals surface area contributed by atoms with Gasteiger partial charge in [0, 0.05) is 18.2 Å². The summed E-state index contributed by atoms with van der Waals surface area (Å²) < 4.78 is 0. The number of hydrogen-bond donors (Lipinski definition) is 2. The summed E-state index contributed by atoms with van der Waals surface area (Å²) >= 11 is 0. The van der Waals surface area contributed by atoms with Gasteiger partial charge in [0.2, 0.25) is 0 Å². The maximum atomic E-state index is 5.59. The van der Waals surface area contributed by atoms with Crippen molar-refractivity contribution in [2.24, 2.45) is 5.84 Å². The summed E-state index contributed by atoms with van der Waals surface area (Å²) in [5, 5.41) is 0. The molecule has 1 aliphatic heterocycles. The Morgan fingerprint density at radius 1 is 1.32 bits per heavy atom. The number of hydrazine groups is 1. The molecule has 2 rings (SSSR count). The van der Waals surface area contributed by atoms with E-state index in [1.807, 2.05) is 0 Å². The molecule has 0 spiro atoms. The van der Waals surface area contributed by atoms with Crippen LogP contribution in [-0.4, -0.2) is 22.6 Å². The fourth-order valence-corrected chi connectivity index (χ4v) is 2.85. The molecule has 3 N–H and O–H groups in total. The Labute approximate surface area is 115 Å². The van der Waals surface area contributed by atoms with Crippen molar-refractivity contribution in [3.05, 3.63) is 11.9 Å². The molecule has 106 valence electrons. The molecule has 1 unspecified atom stereocenters. The zero-order chi connectivity index (χ0) is 13.8. The van der Waals surface area contributed by atoms with Gasteiger partial charge in [-0.05, 0) is 25.7 Å². The summed E-state index contributed by atoms with van der Waals surface area (Å²) in [6.07, 6.45) is 6.69. The molecular formula is C14H25N5. The smallest absolute Gasteiger partial charge is 0.148 e. The average molecular weight is 263 g/mol. The van der Waals surface area contributed by atoms with Gasteiger partial charge in [0.1, 0.15) is 18.0 Å². The lowest BCUT2D eigenvalue weighted by molar-refractivity contribution is 0.606.